The Kier molecular flexibility index (Phi) is 4.22. The number of benzene rings is 1. The number of alkyl carbamates (subject to hydrolysis) is 1. The van der Waals surface area contributed by atoms with E-state index >= 15 is 0 Å². The van der Waals surface area contributed by atoms with Crippen molar-refractivity contribution in [3.8, 4) is 0 Å². The van der Waals surface area contributed by atoms with E-state index in [-0.39, 0.29) is 29.7 Å². The maximum absolute atomic E-state index is 13.2. The zero-order chi connectivity index (χ0) is 12.6. The van der Waals surface area contributed by atoms with E-state index in [0.717, 1.165) is 5.56 Å². The second-order valence-electron chi connectivity index (χ2n) is 5.15. The van der Waals surface area contributed by atoms with Crippen LogP contribution in [0.15, 0.2) is 18.2 Å². The number of carbonyl (C=O) groups excluding carboxylic acids is 1. The predicted octanol–water partition coefficient (Wildman–Crippen LogP) is 3.36. The van der Waals surface area contributed by atoms with Gasteiger partial charge in [-0.05, 0) is 24.1 Å². The van der Waals surface area contributed by atoms with Gasteiger partial charge in [0.25, 0.3) is 0 Å². The van der Waals surface area contributed by atoms with Gasteiger partial charge < -0.3 is 10.1 Å². The fourth-order valence-electron chi connectivity index (χ4n) is 2.07. The minimum Gasteiger partial charge on any atom is -0.449 e. The highest BCUT2D eigenvalue weighted by Crippen LogP contribution is 2.36. The molecule has 1 aromatic carbocycles. The quantitative estimate of drug-likeness (QED) is 0.852. The number of hydrogen-bond acceptors (Lipinski definition) is 2. The van der Waals surface area contributed by atoms with E-state index in [9.17, 15) is 9.18 Å². The van der Waals surface area contributed by atoms with E-state index in [2.05, 4.69) is 5.32 Å². The van der Waals surface area contributed by atoms with Gasteiger partial charge in [0.15, 0.2) is 0 Å². The molecule has 100 valence electrons. The molecule has 1 heterocycles. The van der Waals surface area contributed by atoms with Crippen molar-refractivity contribution in [3.63, 3.8) is 0 Å². The van der Waals surface area contributed by atoms with Crippen molar-refractivity contribution >= 4 is 18.5 Å². The van der Waals surface area contributed by atoms with Crippen molar-refractivity contribution in [3.05, 3.63) is 35.1 Å². The summed E-state index contributed by atoms with van der Waals surface area (Å²) in [6.07, 6.45) is -0.420. The number of nitrogens with one attached hydrogen (secondary N) is 1. The molecule has 0 bridgehead atoms. The Morgan fingerprint density at radius 3 is 2.72 bits per heavy atom. The SMILES string of the molecule is Cc1cc([C@@H]2NC(=O)OCC2(C)C)ccc1F.Cl. The fourth-order valence-corrected chi connectivity index (χ4v) is 2.07. The van der Waals surface area contributed by atoms with Gasteiger partial charge >= 0.3 is 6.09 Å². The largest absolute Gasteiger partial charge is 0.449 e. The Morgan fingerprint density at radius 2 is 2.11 bits per heavy atom. The molecule has 0 aliphatic carbocycles. The van der Waals surface area contributed by atoms with Crippen LogP contribution in [0.2, 0.25) is 0 Å². The Labute approximate surface area is 112 Å². The second-order valence-corrected chi connectivity index (χ2v) is 5.15. The van der Waals surface area contributed by atoms with Crippen LogP contribution in [0.4, 0.5) is 9.18 Å². The highest BCUT2D eigenvalue weighted by Gasteiger charge is 2.37. The summed E-state index contributed by atoms with van der Waals surface area (Å²) in [5.74, 6) is -0.232. The van der Waals surface area contributed by atoms with Crippen molar-refractivity contribution in [2.75, 3.05) is 6.61 Å². The summed E-state index contributed by atoms with van der Waals surface area (Å²) in [7, 11) is 0. The molecule has 2 rings (SSSR count). The summed E-state index contributed by atoms with van der Waals surface area (Å²) in [5, 5.41) is 2.79. The Morgan fingerprint density at radius 1 is 1.44 bits per heavy atom. The number of ether oxygens (including phenoxy) is 1. The van der Waals surface area contributed by atoms with Crippen LogP contribution < -0.4 is 5.32 Å². The summed E-state index contributed by atoms with van der Waals surface area (Å²) in [6, 6.07) is 4.76. The van der Waals surface area contributed by atoms with Crippen molar-refractivity contribution < 1.29 is 13.9 Å². The van der Waals surface area contributed by atoms with Gasteiger partial charge in [0.05, 0.1) is 6.04 Å². The molecule has 0 unspecified atom stereocenters. The molecule has 0 spiro atoms. The summed E-state index contributed by atoms with van der Waals surface area (Å²) in [5.41, 5.74) is 1.28. The van der Waals surface area contributed by atoms with E-state index in [1.807, 2.05) is 13.8 Å². The lowest BCUT2D eigenvalue weighted by molar-refractivity contribution is 0.0387. The Hall–Kier alpha value is -1.29. The van der Waals surface area contributed by atoms with Gasteiger partial charge in [-0.3, -0.25) is 0 Å². The topological polar surface area (TPSA) is 38.3 Å². The Balaban J connectivity index is 0.00000162. The standard InChI is InChI=1S/C13H16FNO2.ClH/c1-8-6-9(4-5-10(8)14)11-13(2,3)7-17-12(16)15-11;/h4-6,11H,7H2,1-3H3,(H,15,16);1H/t11-;/m0./s1. The van der Waals surface area contributed by atoms with Crippen molar-refractivity contribution in [1.82, 2.24) is 5.32 Å². The van der Waals surface area contributed by atoms with E-state index in [1.165, 1.54) is 6.07 Å². The first kappa shape index (κ1) is 14.8. The van der Waals surface area contributed by atoms with Gasteiger partial charge in [0, 0.05) is 5.41 Å². The van der Waals surface area contributed by atoms with E-state index < -0.39 is 6.09 Å². The fraction of sp³-hybridized carbons (Fsp3) is 0.462. The van der Waals surface area contributed by atoms with Crippen molar-refractivity contribution in [2.45, 2.75) is 26.8 Å². The zero-order valence-electron chi connectivity index (χ0n) is 10.6. The number of halogens is 2. The normalized spacial score (nSPS) is 21.6. The predicted molar refractivity (Wildman–Crippen MR) is 69.4 cm³/mol. The molecule has 18 heavy (non-hydrogen) atoms. The minimum atomic E-state index is -0.420. The first-order valence-corrected chi connectivity index (χ1v) is 5.59. The van der Waals surface area contributed by atoms with Gasteiger partial charge in [0.1, 0.15) is 12.4 Å². The van der Waals surface area contributed by atoms with Crippen LogP contribution in [-0.4, -0.2) is 12.7 Å². The second kappa shape index (κ2) is 5.14. The first-order valence-electron chi connectivity index (χ1n) is 5.59. The van der Waals surface area contributed by atoms with Crippen LogP contribution >= 0.6 is 12.4 Å². The van der Waals surface area contributed by atoms with Crippen LogP contribution in [0.1, 0.15) is 31.0 Å². The smallest absolute Gasteiger partial charge is 0.407 e. The number of hydrogen-bond donors (Lipinski definition) is 1. The summed E-state index contributed by atoms with van der Waals surface area (Å²) >= 11 is 0. The van der Waals surface area contributed by atoms with Crippen LogP contribution in [0.5, 0.6) is 0 Å². The molecule has 3 nitrogen and oxygen atoms in total. The highest BCUT2D eigenvalue weighted by molar-refractivity contribution is 5.85. The number of rotatable bonds is 1. The Bertz CT molecular complexity index is 462. The van der Waals surface area contributed by atoms with Crippen LogP contribution in [0.25, 0.3) is 0 Å². The molecule has 1 N–H and O–H groups in total. The molecule has 1 aliphatic rings. The van der Waals surface area contributed by atoms with Crippen molar-refractivity contribution in [1.29, 1.82) is 0 Å². The minimum absolute atomic E-state index is 0. The van der Waals surface area contributed by atoms with Crippen LogP contribution in [0.3, 0.4) is 0 Å². The summed E-state index contributed by atoms with van der Waals surface area (Å²) in [4.78, 5) is 11.3. The monoisotopic (exact) mass is 273 g/mol. The molecular weight excluding hydrogens is 257 g/mol. The summed E-state index contributed by atoms with van der Waals surface area (Å²) < 4.78 is 18.2. The van der Waals surface area contributed by atoms with E-state index in [4.69, 9.17) is 4.74 Å². The molecule has 1 fully saturated rings. The summed E-state index contributed by atoms with van der Waals surface area (Å²) in [6.45, 7) is 6.10. The van der Waals surface area contributed by atoms with Gasteiger partial charge in [0.2, 0.25) is 0 Å². The molecule has 0 saturated carbocycles. The van der Waals surface area contributed by atoms with Gasteiger partial charge in [-0.2, -0.15) is 0 Å². The maximum atomic E-state index is 13.2. The molecule has 0 aromatic heterocycles. The third-order valence-electron chi connectivity index (χ3n) is 3.13. The lowest BCUT2D eigenvalue weighted by Gasteiger charge is -2.38. The van der Waals surface area contributed by atoms with Gasteiger partial charge in [-0.25, -0.2) is 9.18 Å². The molecule has 0 radical (unpaired) electrons. The van der Waals surface area contributed by atoms with E-state index in [1.54, 1.807) is 19.1 Å². The van der Waals surface area contributed by atoms with Gasteiger partial charge in [-0.15, -0.1) is 12.4 Å². The third kappa shape index (κ3) is 2.75. The molecule has 1 atom stereocenters. The molecule has 1 amide bonds. The average Bonchev–Trinajstić information content (AvgIpc) is 2.26. The van der Waals surface area contributed by atoms with Gasteiger partial charge in [-0.1, -0.05) is 26.0 Å². The molecule has 5 heteroatoms. The van der Waals surface area contributed by atoms with Crippen molar-refractivity contribution in [2.24, 2.45) is 5.41 Å². The number of cyclic esters (lactones) is 1. The van der Waals surface area contributed by atoms with E-state index in [0.29, 0.717) is 12.2 Å². The lowest BCUT2D eigenvalue weighted by Crippen LogP contribution is -2.46. The number of carbonyl (C=O) groups is 1. The molecule has 1 aromatic rings. The molecular formula is C13H17ClFNO2. The number of amides is 1. The maximum Gasteiger partial charge on any atom is 0.407 e. The third-order valence-corrected chi connectivity index (χ3v) is 3.13. The number of aryl methyl sites for hydroxylation is 1. The highest BCUT2D eigenvalue weighted by atomic mass is 35.5. The molecule has 1 aliphatic heterocycles. The molecule has 1 saturated heterocycles. The first-order chi connectivity index (χ1) is 7.90. The van der Waals surface area contributed by atoms with Crippen LogP contribution in [-0.2, 0) is 4.74 Å². The zero-order valence-corrected chi connectivity index (χ0v) is 11.4. The average molecular weight is 274 g/mol. The van der Waals surface area contributed by atoms with Crippen LogP contribution in [0, 0.1) is 18.2 Å². The lowest BCUT2D eigenvalue weighted by atomic mass is 9.80.